The standard InChI is InChI=1S/C25H25NO4/c1-19(2)26(17-20-11-5-3-6-12-20)24(27)18-29-25(28)22-15-9-10-16-23(22)30-21-13-7-4-8-14-21/h3-16,19H,17-18H2,1-2H3. The molecule has 3 aromatic carbocycles. The maximum absolute atomic E-state index is 12.7. The smallest absolute Gasteiger partial charge is 0.342 e. The summed E-state index contributed by atoms with van der Waals surface area (Å²) >= 11 is 0. The van der Waals surface area contributed by atoms with Crippen molar-refractivity contribution in [3.05, 3.63) is 96.1 Å². The van der Waals surface area contributed by atoms with Crippen LogP contribution in [0.25, 0.3) is 0 Å². The van der Waals surface area contributed by atoms with Crippen LogP contribution in [0.15, 0.2) is 84.9 Å². The fourth-order valence-corrected chi connectivity index (χ4v) is 2.97. The van der Waals surface area contributed by atoms with Gasteiger partial charge in [-0.2, -0.15) is 0 Å². The first-order valence-corrected chi connectivity index (χ1v) is 9.87. The minimum Gasteiger partial charge on any atom is -0.456 e. The number of nitrogens with zero attached hydrogens (tertiary/aromatic N) is 1. The highest BCUT2D eigenvalue weighted by molar-refractivity contribution is 5.94. The van der Waals surface area contributed by atoms with Gasteiger partial charge in [0.1, 0.15) is 17.1 Å². The van der Waals surface area contributed by atoms with Gasteiger partial charge in [0.2, 0.25) is 0 Å². The van der Waals surface area contributed by atoms with Crippen LogP contribution in [0.4, 0.5) is 0 Å². The van der Waals surface area contributed by atoms with E-state index in [1.54, 1.807) is 41.3 Å². The maximum Gasteiger partial charge on any atom is 0.342 e. The van der Waals surface area contributed by atoms with Gasteiger partial charge in [0, 0.05) is 12.6 Å². The fraction of sp³-hybridized carbons (Fsp3) is 0.200. The van der Waals surface area contributed by atoms with Gasteiger partial charge in [-0.3, -0.25) is 4.79 Å². The van der Waals surface area contributed by atoms with E-state index in [0.29, 0.717) is 18.0 Å². The molecule has 0 fully saturated rings. The number of benzene rings is 3. The molecule has 0 bridgehead atoms. The zero-order valence-corrected chi connectivity index (χ0v) is 17.2. The van der Waals surface area contributed by atoms with Gasteiger partial charge in [0.25, 0.3) is 5.91 Å². The van der Waals surface area contributed by atoms with Crippen LogP contribution in [-0.2, 0) is 16.1 Å². The van der Waals surface area contributed by atoms with Gasteiger partial charge in [-0.25, -0.2) is 4.79 Å². The van der Waals surface area contributed by atoms with Crippen molar-refractivity contribution in [3.8, 4) is 11.5 Å². The molecule has 0 aliphatic carbocycles. The maximum atomic E-state index is 12.7. The minimum atomic E-state index is -0.599. The summed E-state index contributed by atoms with van der Waals surface area (Å²) < 4.78 is 11.1. The van der Waals surface area contributed by atoms with Gasteiger partial charge in [-0.05, 0) is 43.7 Å². The van der Waals surface area contributed by atoms with Crippen LogP contribution in [-0.4, -0.2) is 29.4 Å². The Kier molecular flexibility index (Phi) is 7.22. The molecule has 0 atom stereocenters. The van der Waals surface area contributed by atoms with Crippen molar-refractivity contribution < 1.29 is 19.1 Å². The molecule has 5 nitrogen and oxygen atoms in total. The van der Waals surface area contributed by atoms with Gasteiger partial charge >= 0.3 is 5.97 Å². The summed E-state index contributed by atoms with van der Waals surface area (Å²) in [6.45, 7) is 4.00. The van der Waals surface area contributed by atoms with E-state index in [2.05, 4.69) is 0 Å². The molecular formula is C25H25NO4. The quantitative estimate of drug-likeness (QED) is 0.493. The molecule has 0 aliphatic rings. The summed E-state index contributed by atoms with van der Waals surface area (Å²) in [5.41, 5.74) is 1.29. The summed E-state index contributed by atoms with van der Waals surface area (Å²) in [5, 5.41) is 0. The molecule has 0 unspecified atom stereocenters. The molecule has 3 aromatic rings. The number of hydrogen-bond donors (Lipinski definition) is 0. The first-order chi connectivity index (χ1) is 14.5. The number of esters is 1. The highest BCUT2D eigenvalue weighted by Gasteiger charge is 2.21. The second-order valence-corrected chi connectivity index (χ2v) is 7.09. The van der Waals surface area contributed by atoms with Crippen molar-refractivity contribution in [2.45, 2.75) is 26.4 Å². The first-order valence-electron chi connectivity index (χ1n) is 9.87. The Morgan fingerprint density at radius 2 is 1.43 bits per heavy atom. The van der Waals surface area contributed by atoms with Crippen LogP contribution >= 0.6 is 0 Å². The van der Waals surface area contributed by atoms with Crippen LogP contribution in [0.3, 0.4) is 0 Å². The lowest BCUT2D eigenvalue weighted by atomic mass is 10.2. The van der Waals surface area contributed by atoms with Gasteiger partial charge in [0.05, 0.1) is 0 Å². The van der Waals surface area contributed by atoms with E-state index in [0.717, 1.165) is 5.56 Å². The number of carbonyl (C=O) groups is 2. The van der Waals surface area contributed by atoms with E-state index in [4.69, 9.17) is 9.47 Å². The van der Waals surface area contributed by atoms with Gasteiger partial charge in [-0.15, -0.1) is 0 Å². The largest absolute Gasteiger partial charge is 0.456 e. The van der Waals surface area contributed by atoms with E-state index in [9.17, 15) is 9.59 Å². The van der Waals surface area contributed by atoms with E-state index < -0.39 is 5.97 Å². The van der Waals surface area contributed by atoms with Crippen LogP contribution < -0.4 is 4.74 Å². The van der Waals surface area contributed by atoms with Crippen molar-refractivity contribution in [1.29, 1.82) is 0 Å². The predicted octanol–water partition coefficient (Wildman–Crippen LogP) is 5.07. The number of ether oxygens (including phenoxy) is 2. The number of rotatable bonds is 8. The van der Waals surface area contributed by atoms with Crippen molar-refractivity contribution >= 4 is 11.9 Å². The average Bonchev–Trinajstić information content (AvgIpc) is 2.77. The summed E-state index contributed by atoms with van der Waals surface area (Å²) in [4.78, 5) is 27.0. The van der Waals surface area contributed by atoms with Crippen molar-refractivity contribution in [2.24, 2.45) is 0 Å². The summed E-state index contributed by atoms with van der Waals surface area (Å²) in [6, 6.07) is 25.7. The molecule has 0 aliphatic heterocycles. The average molecular weight is 403 g/mol. The Bertz CT molecular complexity index is 971. The molecule has 0 spiro atoms. The van der Waals surface area contributed by atoms with Gasteiger partial charge in [0.15, 0.2) is 6.61 Å². The summed E-state index contributed by atoms with van der Waals surface area (Å²) in [6.07, 6.45) is 0. The summed E-state index contributed by atoms with van der Waals surface area (Å²) in [5.74, 6) is 0.149. The molecule has 0 saturated heterocycles. The summed E-state index contributed by atoms with van der Waals surface area (Å²) in [7, 11) is 0. The molecule has 5 heteroatoms. The molecule has 0 heterocycles. The Hall–Kier alpha value is -3.60. The number of para-hydroxylation sites is 2. The number of carbonyl (C=O) groups excluding carboxylic acids is 2. The second kappa shape index (κ2) is 10.3. The SMILES string of the molecule is CC(C)N(Cc1ccccc1)C(=O)COC(=O)c1ccccc1Oc1ccccc1. The molecular weight excluding hydrogens is 378 g/mol. The Balaban J connectivity index is 1.65. The predicted molar refractivity (Wildman–Crippen MR) is 115 cm³/mol. The highest BCUT2D eigenvalue weighted by Crippen LogP contribution is 2.25. The van der Waals surface area contributed by atoms with Crippen molar-refractivity contribution in [1.82, 2.24) is 4.90 Å². The first kappa shape index (κ1) is 21.1. The zero-order chi connectivity index (χ0) is 21.3. The lowest BCUT2D eigenvalue weighted by Gasteiger charge is -2.26. The van der Waals surface area contributed by atoms with E-state index in [1.165, 1.54) is 0 Å². The van der Waals surface area contributed by atoms with Crippen molar-refractivity contribution in [2.75, 3.05) is 6.61 Å². The van der Waals surface area contributed by atoms with Crippen LogP contribution in [0.2, 0.25) is 0 Å². The van der Waals surface area contributed by atoms with Gasteiger partial charge < -0.3 is 14.4 Å². The third-order valence-corrected chi connectivity index (χ3v) is 4.54. The highest BCUT2D eigenvalue weighted by atomic mass is 16.5. The molecule has 154 valence electrons. The Morgan fingerprint density at radius 3 is 2.10 bits per heavy atom. The molecule has 0 saturated carbocycles. The van der Waals surface area contributed by atoms with Crippen LogP contribution in [0, 0.1) is 0 Å². The molecule has 30 heavy (non-hydrogen) atoms. The monoisotopic (exact) mass is 403 g/mol. The minimum absolute atomic E-state index is 0.0230. The Labute approximate surface area is 176 Å². The van der Waals surface area contributed by atoms with E-state index >= 15 is 0 Å². The number of hydrogen-bond acceptors (Lipinski definition) is 4. The molecule has 0 radical (unpaired) electrons. The van der Waals surface area contributed by atoms with Crippen molar-refractivity contribution in [3.63, 3.8) is 0 Å². The number of amides is 1. The molecule has 0 aromatic heterocycles. The van der Waals surface area contributed by atoms with E-state index in [-0.39, 0.29) is 24.1 Å². The lowest BCUT2D eigenvalue weighted by Crippen LogP contribution is -2.39. The normalized spacial score (nSPS) is 10.5. The van der Waals surface area contributed by atoms with E-state index in [1.807, 2.05) is 62.4 Å². The molecule has 0 N–H and O–H groups in total. The third kappa shape index (κ3) is 5.70. The lowest BCUT2D eigenvalue weighted by molar-refractivity contribution is -0.136. The zero-order valence-electron chi connectivity index (χ0n) is 17.2. The topological polar surface area (TPSA) is 55.8 Å². The second-order valence-electron chi connectivity index (χ2n) is 7.09. The Morgan fingerprint density at radius 1 is 0.833 bits per heavy atom. The van der Waals surface area contributed by atoms with Gasteiger partial charge in [-0.1, -0.05) is 60.7 Å². The van der Waals surface area contributed by atoms with Crippen LogP contribution in [0.1, 0.15) is 29.8 Å². The molecule has 1 amide bonds. The third-order valence-electron chi connectivity index (χ3n) is 4.54. The molecule has 3 rings (SSSR count). The van der Waals surface area contributed by atoms with Crippen LogP contribution in [0.5, 0.6) is 11.5 Å². The fourth-order valence-electron chi connectivity index (χ4n) is 2.97.